The Kier molecular flexibility index (Phi) is 18.1. The summed E-state index contributed by atoms with van der Waals surface area (Å²) in [5.41, 5.74) is 0. The minimum Gasteiger partial charge on any atom is -0.319 e. The summed E-state index contributed by atoms with van der Waals surface area (Å²) in [5, 5.41) is 3.64. The molecule has 0 aliphatic heterocycles. The molecule has 1 nitrogen and oxygen atoms in total. The molecule has 0 aromatic rings. The lowest BCUT2D eigenvalue weighted by atomic mass is 10.0. The maximum Gasteiger partial charge on any atom is 0.0595 e. The van der Waals surface area contributed by atoms with Crippen molar-refractivity contribution in [2.75, 3.05) is 12.7 Å². The van der Waals surface area contributed by atoms with Gasteiger partial charge >= 0.3 is 0 Å². The zero-order chi connectivity index (χ0) is 17.9. The first-order valence-electron chi connectivity index (χ1n) is 11.3. The summed E-state index contributed by atoms with van der Waals surface area (Å²) in [7, 11) is -0.879. The lowest BCUT2D eigenvalue weighted by molar-refractivity contribution is 0.527. The van der Waals surface area contributed by atoms with Crippen LogP contribution in [0, 0.1) is 0 Å². The molecule has 0 unspecified atom stereocenters. The van der Waals surface area contributed by atoms with Crippen molar-refractivity contribution in [3.8, 4) is 0 Å². The van der Waals surface area contributed by atoms with Crippen molar-refractivity contribution in [2.24, 2.45) is 0 Å². The van der Waals surface area contributed by atoms with Crippen LogP contribution in [0.4, 0.5) is 0 Å². The summed E-state index contributed by atoms with van der Waals surface area (Å²) >= 11 is 0. The topological polar surface area (TPSA) is 12.0 Å². The number of rotatable bonds is 19. The van der Waals surface area contributed by atoms with E-state index in [-0.39, 0.29) is 0 Å². The molecule has 0 radical (unpaired) electrons. The second-order valence-corrected chi connectivity index (χ2v) is 14.5. The zero-order valence-electron chi connectivity index (χ0n) is 17.7. The molecule has 24 heavy (non-hydrogen) atoms. The van der Waals surface area contributed by atoms with Crippen LogP contribution in [-0.4, -0.2) is 20.8 Å². The zero-order valence-corrected chi connectivity index (χ0v) is 18.7. The predicted octanol–water partition coefficient (Wildman–Crippen LogP) is 7.71. The summed E-state index contributed by atoms with van der Waals surface area (Å²) in [6.07, 6.45) is 24.6. The van der Waals surface area contributed by atoms with Crippen LogP contribution in [0.15, 0.2) is 0 Å². The molecule has 0 saturated heterocycles. The maximum atomic E-state index is 3.64. The molecule has 0 heterocycles. The van der Waals surface area contributed by atoms with Crippen LogP contribution >= 0.6 is 0 Å². The highest BCUT2D eigenvalue weighted by Gasteiger charge is 2.10. The average Bonchev–Trinajstić information content (AvgIpc) is 2.52. The Hall–Kier alpha value is 0.177. The molecule has 0 bridgehead atoms. The predicted molar refractivity (Wildman–Crippen MR) is 116 cm³/mol. The molecule has 0 atom stereocenters. The third-order valence-corrected chi connectivity index (χ3v) is 6.17. The average molecular weight is 356 g/mol. The van der Waals surface area contributed by atoms with Crippen LogP contribution in [0.1, 0.15) is 110 Å². The van der Waals surface area contributed by atoms with Gasteiger partial charge in [-0.1, -0.05) is 123 Å². The largest absolute Gasteiger partial charge is 0.319 e. The quantitative estimate of drug-likeness (QED) is 0.185. The van der Waals surface area contributed by atoms with Gasteiger partial charge in [-0.25, -0.2) is 0 Å². The number of hydrogen-bond acceptors (Lipinski definition) is 1. The number of hydrogen-bond donors (Lipinski definition) is 1. The maximum absolute atomic E-state index is 3.64. The first-order chi connectivity index (χ1) is 11.6. The van der Waals surface area contributed by atoms with Crippen molar-refractivity contribution in [3.05, 3.63) is 0 Å². The molecule has 146 valence electrons. The number of nitrogens with one attached hydrogen (secondary N) is 1. The summed E-state index contributed by atoms with van der Waals surface area (Å²) in [5.74, 6) is 0. The van der Waals surface area contributed by atoms with Crippen molar-refractivity contribution in [3.63, 3.8) is 0 Å². The highest BCUT2D eigenvalue weighted by molar-refractivity contribution is 6.76. The van der Waals surface area contributed by atoms with E-state index in [4.69, 9.17) is 0 Å². The van der Waals surface area contributed by atoms with Crippen molar-refractivity contribution in [1.29, 1.82) is 0 Å². The Morgan fingerprint density at radius 1 is 0.500 bits per heavy atom. The fraction of sp³-hybridized carbons (Fsp3) is 1.00. The first kappa shape index (κ1) is 24.2. The Morgan fingerprint density at radius 3 is 1.17 bits per heavy atom. The normalized spacial score (nSPS) is 12.0. The molecule has 0 aromatic carbocycles. The van der Waals surface area contributed by atoms with Crippen LogP contribution in [0.2, 0.25) is 19.6 Å². The van der Waals surface area contributed by atoms with Crippen LogP contribution in [0.25, 0.3) is 0 Å². The second-order valence-electron chi connectivity index (χ2n) is 9.04. The molecule has 0 aliphatic rings. The standard InChI is InChI=1S/C22H49NSi/c1-5-6-7-8-9-10-11-12-13-14-15-16-17-18-19-20-21-23-22-24(2,3)4/h23H,5-22H2,1-4H3. The molecule has 0 rings (SSSR count). The van der Waals surface area contributed by atoms with Crippen LogP contribution in [0.3, 0.4) is 0 Å². The third-order valence-electron chi connectivity index (χ3n) is 4.86. The minimum absolute atomic E-state index is 0.879. The van der Waals surface area contributed by atoms with Gasteiger partial charge in [-0.3, -0.25) is 0 Å². The minimum atomic E-state index is -0.879. The summed E-state index contributed by atoms with van der Waals surface area (Å²) in [4.78, 5) is 0. The molecular formula is C22H49NSi. The second kappa shape index (κ2) is 18.0. The van der Waals surface area contributed by atoms with Crippen molar-refractivity contribution >= 4 is 8.07 Å². The van der Waals surface area contributed by atoms with Gasteiger partial charge in [-0.2, -0.15) is 0 Å². The van der Waals surface area contributed by atoms with Gasteiger partial charge in [-0.05, 0) is 19.1 Å². The molecule has 1 N–H and O–H groups in total. The van der Waals surface area contributed by atoms with E-state index in [9.17, 15) is 0 Å². The molecule has 0 spiro atoms. The van der Waals surface area contributed by atoms with Crippen molar-refractivity contribution in [1.82, 2.24) is 5.32 Å². The van der Waals surface area contributed by atoms with E-state index in [2.05, 4.69) is 31.9 Å². The Bertz CT molecular complexity index is 235. The summed E-state index contributed by atoms with van der Waals surface area (Å²) in [6, 6.07) is 0. The summed E-state index contributed by atoms with van der Waals surface area (Å²) < 4.78 is 0. The lowest BCUT2D eigenvalue weighted by Crippen LogP contribution is -2.36. The van der Waals surface area contributed by atoms with Gasteiger partial charge < -0.3 is 5.32 Å². The Morgan fingerprint density at radius 2 is 0.833 bits per heavy atom. The van der Waals surface area contributed by atoms with E-state index in [1.165, 1.54) is 115 Å². The molecule has 0 aromatic heterocycles. The van der Waals surface area contributed by atoms with Gasteiger partial charge in [0.2, 0.25) is 0 Å². The molecule has 0 aliphatic carbocycles. The molecule has 0 fully saturated rings. The van der Waals surface area contributed by atoms with Gasteiger partial charge in [0.05, 0.1) is 8.07 Å². The highest BCUT2D eigenvalue weighted by Crippen LogP contribution is 2.13. The van der Waals surface area contributed by atoms with Crippen LogP contribution < -0.4 is 5.32 Å². The number of unbranched alkanes of at least 4 members (excludes halogenated alkanes) is 15. The van der Waals surface area contributed by atoms with E-state index in [1.807, 2.05) is 0 Å². The van der Waals surface area contributed by atoms with E-state index >= 15 is 0 Å². The first-order valence-corrected chi connectivity index (χ1v) is 15.0. The van der Waals surface area contributed by atoms with Gasteiger partial charge in [0.15, 0.2) is 0 Å². The Labute approximate surface area is 155 Å². The van der Waals surface area contributed by atoms with Gasteiger partial charge in [0.25, 0.3) is 0 Å². The molecular weight excluding hydrogens is 306 g/mol. The Balaban J connectivity index is 3.00. The fourth-order valence-corrected chi connectivity index (χ4v) is 4.19. The SMILES string of the molecule is CCCCCCCCCCCCCCCCCCNC[Si](C)(C)C. The smallest absolute Gasteiger partial charge is 0.0595 e. The van der Waals surface area contributed by atoms with Gasteiger partial charge in [0.1, 0.15) is 0 Å². The summed E-state index contributed by atoms with van der Waals surface area (Å²) in [6.45, 7) is 10.9. The van der Waals surface area contributed by atoms with E-state index in [1.54, 1.807) is 0 Å². The van der Waals surface area contributed by atoms with E-state index < -0.39 is 8.07 Å². The molecule has 0 amide bonds. The van der Waals surface area contributed by atoms with E-state index in [0.717, 1.165) is 0 Å². The fourth-order valence-electron chi connectivity index (χ4n) is 3.26. The molecule has 0 saturated carbocycles. The lowest BCUT2D eigenvalue weighted by Gasteiger charge is -2.16. The van der Waals surface area contributed by atoms with E-state index in [0.29, 0.717) is 0 Å². The van der Waals surface area contributed by atoms with Crippen molar-refractivity contribution < 1.29 is 0 Å². The van der Waals surface area contributed by atoms with Crippen LogP contribution in [0.5, 0.6) is 0 Å². The highest BCUT2D eigenvalue weighted by atomic mass is 28.3. The van der Waals surface area contributed by atoms with Crippen molar-refractivity contribution in [2.45, 2.75) is 129 Å². The van der Waals surface area contributed by atoms with Gasteiger partial charge in [-0.15, -0.1) is 0 Å². The monoisotopic (exact) mass is 355 g/mol. The third kappa shape index (κ3) is 22.2. The van der Waals surface area contributed by atoms with Gasteiger partial charge in [0, 0.05) is 0 Å². The molecule has 2 heteroatoms. The van der Waals surface area contributed by atoms with Crippen LogP contribution in [-0.2, 0) is 0 Å².